The Bertz CT molecular complexity index is 629. The number of methoxy groups -OCH3 is 1. The van der Waals surface area contributed by atoms with Gasteiger partial charge in [0.1, 0.15) is 5.75 Å². The van der Waals surface area contributed by atoms with Gasteiger partial charge in [-0.05, 0) is 42.2 Å². The van der Waals surface area contributed by atoms with Crippen LogP contribution >= 0.6 is 11.6 Å². The molecule has 2 N–H and O–H groups in total. The summed E-state index contributed by atoms with van der Waals surface area (Å²) < 4.78 is 5.11. The number of ether oxygens (including phenoxy) is 1. The summed E-state index contributed by atoms with van der Waals surface area (Å²) in [5.74, 6) is 0.832. The molecule has 5 heteroatoms. The van der Waals surface area contributed by atoms with Crippen LogP contribution in [0.1, 0.15) is 11.1 Å². The Morgan fingerprint density at radius 1 is 1.00 bits per heavy atom. The van der Waals surface area contributed by atoms with E-state index in [0.29, 0.717) is 19.5 Å². The predicted octanol–water partition coefficient (Wildman–Crippen LogP) is 3.43. The van der Waals surface area contributed by atoms with Gasteiger partial charge in [0.05, 0.1) is 7.11 Å². The maximum Gasteiger partial charge on any atom is 0.314 e. The van der Waals surface area contributed by atoms with Crippen LogP contribution in [-0.4, -0.2) is 26.2 Å². The van der Waals surface area contributed by atoms with Crippen LogP contribution in [-0.2, 0) is 12.8 Å². The largest absolute Gasteiger partial charge is 0.497 e. The minimum absolute atomic E-state index is 0.162. The lowest BCUT2D eigenvalue weighted by molar-refractivity contribution is 0.241. The first kappa shape index (κ1) is 17.2. The summed E-state index contributed by atoms with van der Waals surface area (Å²) in [6.45, 7) is 1.14. The fraction of sp³-hybridized carbons (Fsp3) is 0.278. The zero-order chi connectivity index (χ0) is 16.5. The van der Waals surface area contributed by atoms with Crippen molar-refractivity contribution >= 4 is 17.6 Å². The van der Waals surface area contributed by atoms with E-state index in [0.717, 1.165) is 28.3 Å². The van der Waals surface area contributed by atoms with Gasteiger partial charge in [0.15, 0.2) is 0 Å². The molecule has 0 aliphatic rings. The highest BCUT2D eigenvalue weighted by atomic mass is 35.5. The van der Waals surface area contributed by atoms with Crippen LogP contribution in [0.25, 0.3) is 0 Å². The van der Waals surface area contributed by atoms with Crippen LogP contribution in [0, 0.1) is 0 Å². The normalized spacial score (nSPS) is 10.2. The molecule has 122 valence electrons. The van der Waals surface area contributed by atoms with E-state index in [1.807, 2.05) is 48.5 Å². The molecule has 0 unspecified atom stereocenters. The molecule has 2 rings (SSSR count). The highest BCUT2D eigenvalue weighted by Gasteiger charge is 2.02. The molecule has 0 saturated carbocycles. The molecule has 0 fully saturated rings. The average molecular weight is 333 g/mol. The van der Waals surface area contributed by atoms with Crippen LogP contribution < -0.4 is 15.4 Å². The van der Waals surface area contributed by atoms with E-state index in [1.54, 1.807) is 7.11 Å². The number of carbonyl (C=O) groups is 1. The topological polar surface area (TPSA) is 50.4 Å². The van der Waals surface area contributed by atoms with Crippen molar-refractivity contribution in [2.24, 2.45) is 0 Å². The lowest BCUT2D eigenvalue weighted by Gasteiger charge is -2.09. The Kier molecular flexibility index (Phi) is 6.76. The summed E-state index contributed by atoms with van der Waals surface area (Å²) >= 11 is 6.08. The molecule has 0 saturated heterocycles. The first-order valence-electron chi connectivity index (χ1n) is 7.57. The van der Waals surface area contributed by atoms with Gasteiger partial charge in [0.2, 0.25) is 0 Å². The molecule has 0 radical (unpaired) electrons. The Morgan fingerprint density at radius 3 is 2.30 bits per heavy atom. The minimum atomic E-state index is -0.162. The molecule has 0 aromatic heterocycles. The quantitative estimate of drug-likeness (QED) is 0.816. The van der Waals surface area contributed by atoms with Gasteiger partial charge >= 0.3 is 6.03 Å². The summed E-state index contributed by atoms with van der Waals surface area (Å²) in [5, 5.41) is 6.41. The number of hydrogen-bond donors (Lipinski definition) is 2. The SMILES string of the molecule is COc1ccc(CCNC(=O)NCCc2ccccc2Cl)cc1. The van der Waals surface area contributed by atoms with Crippen molar-refractivity contribution in [2.75, 3.05) is 20.2 Å². The lowest BCUT2D eigenvalue weighted by Crippen LogP contribution is -2.37. The summed E-state index contributed by atoms with van der Waals surface area (Å²) in [6, 6.07) is 15.3. The Labute approximate surface area is 141 Å². The van der Waals surface area contributed by atoms with E-state index in [9.17, 15) is 4.79 Å². The number of halogens is 1. The van der Waals surface area contributed by atoms with E-state index < -0.39 is 0 Å². The second-order valence-corrected chi connectivity index (χ2v) is 5.53. The van der Waals surface area contributed by atoms with Gasteiger partial charge in [-0.1, -0.05) is 41.9 Å². The number of amides is 2. The molecule has 2 amide bonds. The van der Waals surface area contributed by atoms with E-state index >= 15 is 0 Å². The summed E-state index contributed by atoms with van der Waals surface area (Å²) in [7, 11) is 1.64. The smallest absolute Gasteiger partial charge is 0.314 e. The molecule has 0 aliphatic carbocycles. The minimum Gasteiger partial charge on any atom is -0.497 e. The van der Waals surface area contributed by atoms with Crippen molar-refractivity contribution in [2.45, 2.75) is 12.8 Å². The van der Waals surface area contributed by atoms with Crippen molar-refractivity contribution in [1.82, 2.24) is 10.6 Å². The molecule has 4 nitrogen and oxygen atoms in total. The summed E-state index contributed by atoms with van der Waals surface area (Å²) in [4.78, 5) is 11.7. The Morgan fingerprint density at radius 2 is 1.65 bits per heavy atom. The van der Waals surface area contributed by atoms with Gasteiger partial charge in [-0.15, -0.1) is 0 Å². The third-order valence-corrected chi connectivity index (χ3v) is 3.86. The van der Waals surface area contributed by atoms with Crippen LogP contribution in [0.3, 0.4) is 0 Å². The van der Waals surface area contributed by atoms with Gasteiger partial charge < -0.3 is 15.4 Å². The lowest BCUT2D eigenvalue weighted by atomic mass is 10.1. The molecular formula is C18H21ClN2O2. The number of urea groups is 1. The first-order chi connectivity index (χ1) is 11.2. The van der Waals surface area contributed by atoms with Crippen molar-refractivity contribution in [3.05, 3.63) is 64.7 Å². The van der Waals surface area contributed by atoms with E-state index in [2.05, 4.69) is 10.6 Å². The van der Waals surface area contributed by atoms with Crippen LogP contribution in [0.4, 0.5) is 4.79 Å². The third kappa shape index (κ3) is 5.83. The second-order valence-electron chi connectivity index (χ2n) is 5.12. The molecule has 0 aliphatic heterocycles. The molecule has 0 heterocycles. The molecule has 23 heavy (non-hydrogen) atoms. The third-order valence-electron chi connectivity index (χ3n) is 3.50. The number of carbonyl (C=O) groups excluding carboxylic acids is 1. The van der Waals surface area contributed by atoms with E-state index in [1.165, 1.54) is 0 Å². The molecule has 2 aromatic carbocycles. The average Bonchev–Trinajstić information content (AvgIpc) is 2.57. The molecule has 0 spiro atoms. The van der Waals surface area contributed by atoms with Crippen molar-refractivity contribution < 1.29 is 9.53 Å². The van der Waals surface area contributed by atoms with Gasteiger partial charge in [-0.2, -0.15) is 0 Å². The van der Waals surface area contributed by atoms with Gasteiger partial charge in [0, 0.05) is 18.1 Å². The van der Waals surface area contributed by atoms with Gasteiger partial charge in [-0.3, -0.25) is 0 Å². The number of benzene rings is 2. The van der Waals surface area contributed by atoms with Crippen molar-refractivity contribution in [3.8, 4) is 5.75 Å². The zero-order valence-electron chi connectivity index (χ0n) is 13.1. The maximum atomic E-state index is 11.7. The van der Waals surface area contributed by atoms with Crippen LogP contribution in [0.5, 0.6) is 5.75 Å². The highest BCUT2D eigenvalue weighted by molar-refractivity contribution is 6.31. The molecule has 0 bridgehead atoms. The summed E-state index contributed by atoms with van der Waals surface area (Å²) in [6.07, 6.45) is 1.49. The van der Waals surface area contributed by atoms with E-state index in [4.69, 9.17) is 16.3 Å². The number of nitrogens with one attached hydrogen (secondary N) is 2. The van der Waals surface area contributed by atoms with Crippen LogP contribution in [0.2, 0.25) is 5.02 Å². The van der Waals surface area contributed by atoms with Crippen LogP contribution in [0.15, 0.2) is 48.5 Å². The molecule has 2 aromatic rings. The Balaban J connectivity index is 1.64. The summed E-state index contributed by atoms with van der Waals surface area (Å²) in [5.41, 5.74) is 2.19. The van der Waals surface area contributed by atoms with Gasteiger partial charge in [-0.25, -0.2) is 4.79 Å². The predicted molar refractivity (Wildman–Crippen MR) is 93.3 cm³/mol. The number of hydrogen-bond acceptors (Lipinski definition) is 2. The second kappa shape index (κ2) is 9.06. The van der Waals surface area contributed by atoms with Crippen molar-refractivity contribution in [1.29, 1.82) is 0 Å². The fourth-order valence-electron chi connectivity index (χ4n) is 2.19. The fourth-order valence-corrected chi connectivity index (χ4v) is 2.42. The first-order valence-corrected chi connectivity index (χ1v) is 7.95. The van der Waals surface area contributed by atoms with E-state index in [-0.39, 0.29) is 6.03 Å². The van der Waals surface area contributed by atoms with Gasteiger partial charge in [0.25, 0.3) is 0 Å². The zero-order valence-corrected chi connectivity index (χ0v) is 13.9. The standard InChI is InChI=1S/C18H21ClN2O2/c1-23-16-8-6-14(7-9-16)10-12-20-18(22)21-13-11-15-4-2-3-5-17(15)19/h2-9H,10-13H2,1H3,(H2,20,21,22). The Hall–Kier alpha value is -2.20. The highest BCUT2D eigenvalue weighted by Crippen LogP contribution is 2.14. The number of rotatable bonds is 7. The molecular weight excluding hydrogens is 312 g/mol. The molecule has 0 atom stereocenters. The maximum absolute atomic E-state index is 11.7. The van der Waals surface area contributed by atoms with Crippen molar-refractivity contribution in [3.63, 3.8) is 0 Å². The monoisotopic (exact) mass is 332 g/mol.